The van der Waals surface area contributed by atoms with Crippen LogP contribution in [0.2, 0.25) is 0 Å². The maximum absolute atomic E-state index is 14.1. The van der Waals surface area contributed by atoms with Crippen LogP contribution in [0.3, 0.4) is 0 Å². The molecule has 0 saturated carbocycles. The number of hydrogen-bond donors (Lipinski definition) is 0. The van der Waals surface area contributed by atoms with Gasteiger partial charge in [-0.2, -0.15) is 0 Å². The average molecular weight is 476 g/mol. The predicted molar refractivity (Wildman–Crippen MR) is 133 cm³/mol. The number of piperidine rings is 3. The first-order valence-corrected chi connectivity index (χ1v) is 13.3. The molecule has 0 radical (unpaired) electrons. The molecule has 4 aliphatic heterocycles. The lowest BCUT2D eigenvalue weighted by Crippen LogP contribution is -2.60. The normalized spacial score (nSPS) is 29.5. The number of benzene rings is 1. The van der Waals surface area contributed by atoms with Gasteiger partial charge in [-0.15, -0.1) is 0 Å². The molecule has 1 aliphatic carbocycles. The monoisotopic (exact) mass is 475 g/mol. The van der Waals surface area contributed by atoms with E-state index >= 15 is 0 Å². The van der Waals surface area contributed by atoms with Crippen molar-refractivity contribution in [1.29, 1.82) is 0 Å². The van der Waals surface area contributed by atoms with Crippen molar-refractivity contribution in [2.24, 2.45) is 11.8 Å². The van der Waals surface area contributed by atoms with E-state index < -0.39 is 0 Å². The fourth-order valence-corrected chi connectivity index (χ4v) is 7.55. The van der Waals surface area contributed by atoms with Gasteiger partial charge in [-0.05, 0) is 63.5 Å². The smallest absolute Gasteiger partial charge is 0.259 e. The van der Waals surface area contributed by atoms with Gasteiger partial charge in [0.15, 0.2) is 11.5 Å². The van der Waals surface area contributed by atoms with Gasteiger partial charge in [-0.3, -0.25) is 14.5 Å². The van der Waals surface area contributed by atoms with E-state index in [4.69, 9.17) is 9.47 Å². The zero-order valence-corrected chi connectivity index (χ0v) is 20.4. The van der Waals surface area contributed by atoms with Crippen molar-refractivity contribution in [3.8, 4) is 11.5 Å². The van der Waals surface area contributed by atoms with Gasteiger partial charge in [0.05, 0.1) is 16.9 Å². The lowest BCUT2D eigenvalue weighted by atomic mass is 9.68. The highest BCUT2D eigenvalue weighted by atomic mass is 16.7. The number of pyridine rings is 1. The zero-order chi connectivity index (χ0) is 23.7. The Balaban J connectivity index is 1.28. The van der Waals surface area contributed by atoms with Crippen molar-refractivity contribution in [2.45, 2.75) is 64.1 Å². The molecule has 7 heteroatoms. The molecule has 2 aromatic rings. The Morgan fingerprint density at radius 2 is 1.97 bits per heavy atom. The molecule has 3 saturated heterocycles. The molecule has 184 valence electrons. The molecule has 7 rings (SSSR count). The van der Waals surface area contributed by atoms with Crippen LogP contribution >= 0.6 is 0 Å². The summed E-state index contributed by atoms with van der Waals surface area (Å²) in [6, 6.07) is 4.41. The Morgan fingerprint density at radius 1 is 1.11 bits per heavy atom. The Labute approximate surface area is 205 Å². The molecular formula is C28H33N3O4. The summed E-state index contributed by atoms with van der Waals surface area (Å²) >= 11 is 0. The first-order chi connectivity index (χ1) is 17.1. The summed E-state index contributed by atoms with van der Waals surface area (Å²) in [5.41, 5.74) is 2.28. The van der Waals surface area contributed by atoms with Gasteiger partial charge in [0.1, 0.15) is 5.56 Å². The summed E-state index contributed by atoms with van der Waals surface area (Å²) in [6.45, 7) is 5.82. The van der Waals surface area contributed by atoms with Crippen LogP contribution in [0.1, 0.15) is 55.8 Å². The first kappa shape index (κ1) is 21.5. The molecule has 7 nitrogen and oxygen atoms in total. The number of hydrogen-bond acceptors (Lipinski definition) is 5. The molecular weight excluding hydrogens is 442 g/mol. The molecule has 0 N–H and O–H groups in total. The van der Waals surface area contributed by atoms with Gasteiger partial charge < -0.3 is 18.9 Å². The van der Waals surface area contributed by atoms with E-state index in [0.29, 0.717) is 41.3 Å². The summed E-state index contributed by atoms with van der Waals surface area (Å²) < 4.78 is 13.1. The summed E-state index contributed by atoms with van der Waals surface area (Å²) in [4.78, 5) is 32.5. The fourth-order valence-electron chi connectivity index (χ4n) is 7.55. The van der Waals surface area contributed by atoms with Crippen molar-refractivity contribution >= 4 is 16.8 Å². The number of carbonyl (C=O) groups excluding carboxylic acids is 1. The number of ether oxygens (including phenoxy) is 2. The van der Waals surface area contributed by atoms with Crippen LogP contribution in [0, 0.1) is 11.8 Å². The molecule has 35 heavy (non-hydrogen) atoms. The summed E-state index contributed by atoms with van der Waals surface area (Å²) in [6.07, 6.45) is 11.4. The van der Waals surface area contributed by atoms with Gasteiger partial charge in [0.2, 0.25) is 12.2 Å². The molecule has 3 fully saturated rings. The van der Waals surface area contributed by atoms with Crippen molar-refractivity contribution in [1.82, 2.24) is 14.4 Å². The van der Waals surface area contributed by atoms with Crippen molar-refractivity contribution < 1.29 is 14.3 Å². The number of amides is 1. The van der Waals surface area contributed by atoms with Gasteiger partial charge in [0, 0.05) is 37.9 Å². The number of carbonyl (C=O) groups is 1. The summed E-state index contributed by atoms with van der Waals surface area (Å²) in [7, 11) is 0. The van der Waals surface area contributed by atoms with Crippen molar-refractivity contribution in [3.05, 3.63) is 45.8 Å². The number of nitrogens with zero attached hydrogens (tertiary/aromatic N) is 3. The Bertz CT molecular complexity index is 1300. The minimum Gasteiger partial charge on any atom is -0.454 e. The van der Waals surface area contributed by atoms with E-state index in [2.05, 4.69) is 11.0 Å². The van der Waals surface area contributed by atoms with Crippen LogP contribution in [-0.2, 0) is 6.54 Å². The van der Waals surface area contributed by atoms with Gasteiger partial charge in [-0.1, -0.05) is 18.1 Å². The highest BCUT2D eigenvalue weighted by Gasteiger charge is 2.47. The molecule has 1 aromatic heterocycles. The Hall–Kier alpha value is -2.80. The van der Waals surface area contributed by atoms with Crippen LogP contribution in [0.5, 0.6) is 11.5 Å². The van der Waals surface area contributed by atoms with E-state index in [1.807, 2.05) is 22.5 Å². The van der Waals surface area contributed by atoms with Crippen LogP contribution in [0.25, 0.3) is 10.9 Å². The van der Waals surface area contributed by atoms with Crippen LogP contribution in [0.4, 0.5) is 0 Å². The van der Waals surface area contributed by atoms with E-state index in [1.165, 1.54) is 37.8 Å². The largest absolute Gasteiger partial charge is 0.454 e. The quantitative estimate of drug-likeness (QED) is 0.619. The Kier molecular flexibility index (Phi) is 4.98. The van der Waals surface area contributed by atoms with E-state index in [1.54, 1.807) is 12.3 Å². The first-order valence-electron chi connectivity index (χ1n) is 13.3. The molecule has 5 heterocycles. The molecule has 1 aromatic carbocycles. The third kappa shape index (κ3) is 3.27. The third-order valence-electron chi connectivity index (χ3n) is 9.06. The second kappa shape index (κ2) is 8.12. The molecule has 2 bridgehead atoms. The van der Waals surface area contributed by atoms with Crippen molar-refractivity contribution in [3.63, 3.8) is 0 Å². The highest BCUT2D eigenvalue weighted by molar-refractivity contribution is 5.98. The van der Waals surface area contributed by atoms with E-state index in [9.17, 15) is 9.59 Å². The van der Waals surface area contributed by atoms with E-state index in [-0.39, 0.29) is 29.7 Å². The highest BCUT2D eigenvalue weighted by Crippen LogP contribution is 2.45. The minimum absolute atomic E-state index is 0.119. The van der Waals surface area contributed by atoms with Crippen LogP contribution in [0.15, 0.2) is 34.8 Å². The molecule has 5 aliphatic rings. The Morgan fingerprint density at radius 3 is 2.83 bits per heavy atom. The maximum atomic E-state index is 14.1. The fraction of sp³-hybridized carbons (Fsp3) is 0.571. The van der Waals surface area contributed by atoms with Crippen molar-refractivity contribution in [2.75, 3.05) is 26.4 Å². The van der Waals surface area contributed by atoms with E-state index in [0.717, 1.165) is 31.4 Å². The number of aryl methyl sites for hydroxylation is 1. The number of likely N-dealkylation sites (tertiary alicyclic amines) is 1. The second-order valence-corrected chi connectivity index (χ2v) is 10.9. The molecule has 0 spiro atoms. The molecule has 0 unspecified atom stereocenters. The summed E-state index contributed by atoms with van der Waals surface area (Å²) in [5.74, 6) is 2.18. The lowest BCUT2D eigenvalue weighted by Gasteiger charge is -2.54. The summed E-state index contributed by atoms with van der Waals surface area (Å²) in [5, 5.41) is 0.521. The lowest BCUT2D eigenvalue weighted by molar-refractivity contribution is 0.00142. The minimum atomic E-state index is -0.211. The third-order valence-corrected chi connectivity index (χ3v) is 9.06. The van der Waals surface area contributed by atoms with Gasteiger partial charge in [-0.25, -0.2) is 0 Å². The second-order valence-electron chi connectivity index (χ2n) is 10.9. The standard InChI is InChI=1S/C28H33N3O4/c1-2-29-15-21(27(32)20-12-24-25(13-23(20)29)35-16-34-24)28(33)31-9-5-6-17-10-18-11-19(26(17)31)14-30-8-4-3-7-22(18)30/h10,12-13,15,18-19,22,26H,2-9,11,14,16H2,1H3/t18-,19+,22+,26-/m1/s1. The average Bonchev–Trinajstić information content (AvgIpc) is 3.35. The zero-order valence-electron chi connectivity index (χ0n) is 20.4. The topological polar surface area (TPSA) is 64.0 Å². The molecule has 1 amide bonds. The number of rotatable bonds is 2. The SMILES string of the molecule is CCn1cc(C(=O)N2CCCC3=C[C@@H]4C[C@@H](CN5CCCC[C@@H]45)[C@@H]32)c(=O)c2cc3c(cc21)OCO3. The number of aromatic nitrogens is 1. The number of fused-ring (bicyclic) bond motifs is 8. The van der Waals surface area contributed by atoms with Gasteiger partial charge >= 0.3 is 0 Å². The van der Waals surface area contributed by atoms with Crippen LogP contribution in [-0.4, -0.2) is 58.8 Å². The van der Waals surface area contributed by atoms with Crippen LogP contribution < -0.4 is 14.9 Å². The predicted octanol–water partition coefficient (Wildman–Crippen LogP) is 3.79. The maximum Gasteiger partial charge on any atom is 0.259 e. The van der Waals surface area contributed by atoms with Gasteiger partial charge in [0.25, 0.3) is 5.91 Å². The molecule has 4 atom stereocenters.